The Labute approximate surface area is 140 Å². The molecule has 1 atom stereocenters. The topological polar surface area (TPSA) is 104 Å². The van der Waals surface area contributed by atoms with Crippen molar-refractivity contribution in [3.8, 4) is 0 Å². The molecule has 1 unspecified atom stereocenters. The summed E-state index contributed by atoms with van der Waals surface area (Å²) in [5.41, 5.74) is 3.16. The maximum atomic E-state index is 12.5. The van der Waals surface area contributed by atoms with E-state index in [0.717, 1.165) is 29.8 Å². The van der Waals surface area contributed by atoms with Gasteiger partial charge in [0.15, 0.2) is 15.5 Å². The van der Waals surface area contributed by atoms with Crippen LogP contribution in [0.1, 0.15) is 40.3 Å². The third-order valence-corrected chi connectivity index (χ3v) is 5.31. The number of nitrogens with zero attached hydrogens (tertiary/aromatic N) is 1. The smallest absolute Gasteiger partial charge is 0.272 e. The van der Waals surface area contributed by atoms with Gasteiger partial charge < -0.3 is 10.6 Å². The Morgan fingerprint density at radius 1 is 1.29 bits per heavy atom. The van der Waals surface area contributed by atoms with E-state index in [1.807, 2.05) is 6.92 Å². The Morgan fingerprint density at radius 3 is 2.67 bits per heavy atom. The van der Waals surface area contributed by atoms with Crippen LogP contribution in [0, 0.1) is 0 Å². The Kier molecular flexibility index (Phi) is 4.42. The zero-order valence-corrected chi connectivity index (χ0v) is 14.4. The molecule has 2 aromatic rings. The molecule has 3 N–H and O–H groups in total. The van der Waals surface area contributed by atoms with Crippen molar-refractivity contribution in [1.29, 1.82) is 0 Å². The highest BCUT2D eigenvalue weighted by molar-refractivity contribution is 7.90. The molecule has 0 spiro atoms. The molecule has 0 radical (unpaired) electrons. The van der Waals surface area contributed by atoms with Crippen LogP contribution in [0.5, 0.6) is 0 Å². The predicted octanol–water partition coefficient (Wildman–Crippen LogP) is 0.950. The van der Waals surface area contributed by atoms with Crippen LogP contribution < -0.4 is 10.6 Å². The third kappa shape index (κ3) is 3.34. The number of aromatic nitrogens is 2. The normalized spacial score (nSPS) is 15.6. The maximum absolute atomic E-state index is 12.5. The predicted molar refractivity (Wildman–Crippen MR) is 89.4 cm³/mol. The van der Waals surface area contributed by atoms with Crippen LogP contribution in [-0.4, -0.2) is 37.3 Å². The highest BCUT2D eigenvalue weighted by Crippen LogP contribution is 2.19. The first kappa shape index (κ1) is 16.7. The number of H-pyrrole nitrogens is 1. The van der Waals surface area contributed by atoms with Gasteiger partial charge in [0.05, 0.1) is 10.9 Å². The molecule has 0 fully saturated rings. The molecular weight excluding hydrogens is 328 g/mol. The standard InChI is InChI=1S/C16H20N4O3S/c1-10(11-3-5-12(6-4-11)24(2,22)23)18-16(21)15-13-9-17-8-7-14(13)19-20-15/h3-6,10,17H,7-9H2,1-2H3,(H,18,21)(H,19,20). The van der Waals surface area contributed by atoms with Gasteiger partial charge in [-0.15, -0.1) is 0 Å². The largest absolute Gasteiger partial charge is 0.344 e. The van der Waals surface area contributed by atoms with E-state index in [2.05, 4.69) is 20.8 Å². The number of fused-ring (bicyclic) bond motifs is 1. The van der Waals surface area contributed by atoms with Crippen LogP contribution >= 0.6 is 0 Å². The average Bonchev–Trinajstić information content (AvgIpc) is 2.98. The number of carbonyl (C=O) groups is 1. The number of rotatable bonds is 4. The molecule has 1 aliphatic rings. The minimum absolute atomic E-state index is 0.240. The van der Waals surface area contributed by atoms with Gasteiger partial charge in [0.2, 0.25) is 0 Å². The van der Waals surface area contributed by atoms with Gasteiger partial charge in [-0.05, 0) is 24.6 Å². The molecule has 24 heavy (non-hydrogen) atoms. The summed E-state index contributed by atoms with van der Waals surface area (Å²) in [7, 11) is -3.22. The van der Waals surface area contributed by atoms with Crippen LogP contribution in [0.2, 0.25) is 0 Å². The minimum atomic E-state index is -3.22. The summed E-state index contributed by atoms with van der Waals surface area (Å²) < 4.78 is 23.0. The van der Waals surface area contributed by atoms with Gasteiger partial charge in [-0.25, -0.2) is 8.42 Å². The lowest BCUT2D eigenvalue weighted by atomic mass is 10.1. The van der Waals surface area contributed by atoms with Crippen molar-refractivity contribution in [2.45, 2.75) is 30.8 Å². The molecule has 1 amide bonds. The van der Waals surface area contributed by atoms with E-state index < -0.39 is 9.84 Å². The van der Waals surface area contributed by atoms with Gasteiger partial charge in [-0.3, -0.25) is 9.89 Å². The molecule has 3 rings (SSSR count). The molecule has 0 saturated carbocycles. The monoisotopic (exact) mass is 348 g/mol. The second-order valence-electron chi connectivity index (χ2n) is 5.99. The van der Waals surface area contributed by atoms with Gasteiger partial charge in [-0.2, -0.15) is 5.10 Å². The molecule has 1 aliphatic heterocycles. The van der Waals surface area contributed by atoms with Crippen LogP contribution in [0.25, 0.3) is 0 Å². The summed E-state index contributed by atoms with van der Waals surface area (Å²) in [5.74, 6) is -0.240. The summed E-state index contributed by atoms with van der Waals surface area (Å²) in [6.07, 6.45) is 2.00. The quantitative estimate of drug-likeness (QED) is 0.763. The van der Waals surface area contributed by atoms with Gasteiger partial charge in [0, 0.05) is 37.0 Å². The van der Waals surface area contributed by atoms with Crippen molar-refractivity contribution in [3.63, 3.8) is 0 Å². The van der Waals surface area contributed by atoms with Gasteiger partial charge in [0.25, 0.3) is 5.91 Å². The fraction of sp³-hybridized carbons (Fsp3) is 0.375. The van der Waals surface area contributed by atoms with Crippen molar-refractivity contribution in [3.05, 3.63) is 46.8 Å². The van der Waals surface area contributed by atoms with Crippen molar-refractivity contribution >= 4 is 15.7 Å². The molecule has 0 saturated heterocycles. The zero-order chi connectivity index (χ0) is 17.3. The first-order chi connectivity index (χ1) is 11.4. The number of hydrogen-bond acceptors (Lipinski definition) is 5. The molecule has 2 heterocycles. The molecule has 1 aromatic carbocycles. The number of carbonyl (C=O) groups excluding carboxylic acids is 1. The van der Waals surface area contributed by atoms with Gasteiger partial charge >= 0.3 is 0 Å². The first-order valence-corrected chi connectivity index (χ1v) is 9.63. The highest BCUT2D eigenvalue weighted by atomic mass is 32.2. The van der Waals surface area contributed by atoms with Gasteiger partial charge in [0.1, 0.15) is 0 Å². The van der Waals surface area contributed by atoms with E-state index in [9.17, 15) is 13.2 Å². The second-order valence-corrected chi connectivity index (χ2v) is 8.01. The Bertz CT molecular complexity index is 856. The third-order valence-electron chi connectivity index (χ3n) is 4.18. The zero-order valence-electron chi connectivity index (χ0n) is 13.6. The molecular formula is C16H20N4O3S. The van der Waals surface area contributed by atoms with E-state index >= 15 is 0 Å². The lowest BCUT2D eigenvalue weighted by molar-refractivity contribution is 0.0933. The molecule has 1 aromatic heterocycles. The van der Waals surface area contributed by atoms with Crippen LogP contribution in [0.15, 0.2) is 29.2 Å². The van der Waals surface area contributed by atoms with E-state index in [0.29, 0.717) is 12.2 Å². The summed E-state index contributed by atoms with van der Waals surface area (Å²) in [5, 5.41) is 13.2. The minimum Gasteiger partial charge on any atom is -0.344 e. The maximum Gasteiger partial charge on any atom is 0.272 e. The van der Waals surface area contributed by atoms with E-state index in [4.69, 9.17) is 0 Å². The van der Waals surface area contributed by atoms with E-state index in [1.165, 1.54) is 6.26 Å². The van der Waals surface area contributed by atoms with Gasteiger partial charge in [-0.1, -0.05) is 12.1 Å². The second kappa shape index (κ2) is 6.37. The average molecular weight is 348 g/mol. The Hall–Kier alpha value is -2.19. The van der Waals surface area contributed by atoms with Crippen molar-refractivity contribution in [2.24, 2.45) is 0 Å². The summed E-state index contributed by atoms with van der Waals surface area (Å²) in [6.45, 7) is 3.36. The number of nitrogens with one attached hydrogen (secondary N) is 3. The van der Waals surface area contributed by atoms with Crippen molar-refractivity contribution in [1.82, 2.24) is 20.8 Å². The lowest BCUT2D eigenvalue weighted by Gasteiger charge is -2.16. The van der Waals surface area contributed by atoms with Crippen LogP contribution in [0.4, 0.5) is 0 Å². The van der Waals surface area contributed by atoms with Crippen molar-refractivity contribution < 1.29 is 13.2 Å². The molecule has 7 nitrogen and oxygen atoms in total. The van der Waals surface area contributed by atoms with E-state index in [1.54, 1.807) is 24.3 Å². The van der Waals surface area contributed by atoms with Crippen molar-refractivity contribution in [2.75, 3.05) is 12.8 Å². The SMILES string of the molecule is CC(NC(=O)c1n[nH]c2c1CNCC2)c1ccc(S(C)(=O)=O)cc1. The molecule has 0 aliphatic carbocycles. The molecule has 128 valence electrons. The number of amides is 1. The van der Waals surface area contributed by atoms with E-state index in [-0.39, 0.29) is 16.8 Å². The summed E-state index contributed by atoms with van der Waals surface area (Å²) >= 11 is 0. The highest BCUT2D eigenvalue weighted by Gasteiger charge is 2.22. The molecule has 0 bridgehead atoms. The number of aromatic amines is 1. The Morgan fingerprint density at radius 2 is 2.00 bits per heavy atom. The number of hydrogen-bond donors (Lipinski definition) is 3. The lowest BCUT2D eigenvalue weighted by Crippen LogP contribution is -2.30. The Balaban J connectivity index is 1.73. The number of benzene rings is 1. The molecule has 8 heteroatoms. The first-order valence-electron chi connectivity index (χ1n) is 7.74. The van der Waals surface area contributed by atoms with Crippen LogP contribution in [-0.2, 0) is 22.8 Å². The number of sulfone groups is 1. The van der Waals surface area contributed by atoms with Crippen LogP contribution in [0.3, 0.4) is 0 Å². The summed E-state index contributed by atoms with van der Waals surface area (Å²) in [6, 6.07) is 6.27. The fourth-order valence-electron chi connectivity index (χ4n) is 2.77. The summed E-state index contributed by atoms with van der Waals surface area (Å²) in [4.78, 5) is 12.7. The fourth-order valence-corrected chi connectivity index (χ4v) is 3.40.